The van der Waals surface area contributed by atoms with Crippen molar-refractivity contribution >= 4 is 28.9 Å². The molecule has 2 aromatic carbocycles. The Hall–Kier alpha value is -3.04. The number of ether oxygens (including phenoxy) is 2. The number of hydrogen-bond acceptors (Lipinski definition) is 5. The van der Waals surface area contributed by atoms with Crippen LogP contribution in [0.4, 0.5) is 5.69 Å². The summed E-state index contributed by atoms with van der Waals surface area (Å²) in [4.78, 5) is 10.2. The van der Waals surface area contributed by atoms with Gasteiger partial charge in [0.25, 0.3) is 5.69 Å². The molecule has 0 amide bonds. The number of benzene rings is 2. The Morgan fingerprint density at radius 1 is 1.25 bits per heavy atom. The first-order valence-electron chi connectivity index (χ1n) is 7.04. The Balaban J connectivity index is 1.97. The van der Waals surface area contributed by atoms with E-state index >= 15 is 0 Å². The molecule has 0 unspecified atom stereocenters. The molecular weight excluding hydrogens is 332 g/mol. The van der Waals surface area contributed by atoms with Crippen LogP contribution in [-0.4, -0.2) is 18.1 Å². The zero-order chi connectivity index (χ0) is 17.1. The molecule has 6 nitrogen and oxygen atoms in total. The molecule has 0 saturated heterocycles. The van der Waals surface area contributed by atoms with E-state index in [1.54, 1.807) is 18.2 Å². The quantitative estimate of drug-likeness (QED) is 0.363. The molecule has 0 saturated carbocycles. The summed E-state index contributed by atoms with van der Waals surface area (Å²) < 4.78 is 11.0. The maximum absolute atomic E-state index is 10.7. The fourth-order valence-corrected chi connectivity index (χ4v) is 2.60. The number of nitro groups is 1. The molecule has 1 aliphatic rings. The number of non-ortho nitro benzene ring substituents is 1. The summed E-state index contributed by atoms with van der Waals surface area (Å²) in [7, 11) is 0. The topological polar surface area (TPSA) is 85.4 Å². The van der Waals surface area contributed by atoms with Gasteiger partial charge in [-0.15, -0.1) is 0 Å². The van der Waals surface area contributed by atoms with Gasteiger partial charge in [0.05, 0.1) is 21.6 Å². The van der Waals surface area contributed by atoms with Gasteiger partial charge in [-0.05, 0) is 41.5 Å². The molecule has 0 atom stereocenters. The lowest BCUT2D eigenvalue weighted by Crippen LogP contribution is -2.15. The molecule has 0 spiro atoms. The maximum atomic E-state index is 10.7. The molecule has 1 aliphatic heterocycles. The lowest BCUT2D eigenvalue weighted by molar-refractivity contribution is -0.384. The SMILES string of the molecule is N#C/C(=C\c1cc(Cl)c2c(c1)OCCO2)c1ccc([N+](=O)[O-])cc1. The van der Waals surface area contributed by atoms with Gasteiger partial charge in [0.2, 0.25) is 0 Å². The Morgan fingerprint density at radius 3 is 2.62 bits per heavy atom. The van der Waals surface area contributed by atoms with Gasteiger partial charge in [0.15, 0.2) is 11.5 Å². The lowest BCUT2D eigenvalue weighted by atomic mass is 10.0. The fourth-order valence-electron chi connectivity index (χ4n) is 2.32. The average molecular weight is 343 g/mol. The van der Waals surface area contributed by atoms with E-state index < -0.39 is 4.92 Å². The van der Waals surface area contributed by atoms with E-state index in [1.807, 2.05) is 0 Å². The van der Waals surface area contributed by atoms with Gasteiger partial charge in [0.1, 0.15) is 13.2 Å². The molecule has 1 heterocycles. The van der Waals surface area contributed by atoms with Crippen LogP contribution in [0.2, 0.25) is 5.02 Å². The van der Waals surface area contributed by atoms with Crippen molar-refractivity contribution in [1.29, 1.82) is 5.26 Å². The molecule has 24 heavy (non-hydrogen) atoms. The predicted octanol–water partition coefficient (Wildman–Crippen LogP) is 4.08. The molecule has 0 N–H and O–H groups in total. The third kappa shape index (κ3) is 3.16. The Bertz CT molecular complexity index is 869. The standard InChI is InChI=1S/C17H11ClN2O4/c18-15-8-11(9-16-17(15)24-6-5-23-16)7-13(10-19)12-1-3-14(4-2-12)20(21)22/h1-4,7-9H,5-6H2/b13-7+. The first-order chi connectivity index (χ1) is 11.6. The van der Waals surface area contributed by atoms with E-state index in [0.717, 1.165) is 0 Å². The highest BCUT2D eigenvalue weighted by Crippen LogP contribution is 2.39. The molecule has 0 fully saturated rings. The van der Waals surface area contributed by atoms with Crippen LogP contribution in [0.25, 0.3) is 11.6 Å². The van der Waals surface area contributed by atoms with Gasteiger partial charge in [0, 0.05) is 12.1 Å². The second-order valence-electron chi connectivity index (χ2n) is 5.00. The van der Waals surface area contributed by atoms with Crippen LogP contribution in [-0.2, 0) is 0 Å². The highest BCUT2D eigenvalue weighted by atomic mass is 35.5. The Morgan fingerprint density at radius 2 is 1.96 bits per heavy atom. The molecule has 0 radical (unpaired) electrons. The van der Waals surface area contributed by atoms with Crippen molar-refractivity contribution in [3.05, 3.63) is 62.7 Å². The molecule has 120 valence electrons. The number of nitrogens with zero attached hydrogens (tertiary/aromatic N) is 2. The van der Waals surface area contributed by atoms with Gasteiger partial charge < -0.3 is 9.47 Å². The summed E-state index contributed by atoms with van der Waals surface area (Å²) in [5.41, 5.74) is 1.59. The van der Waals surface area contributed by atoms with Crippen molar-refractivity contribution in [1.82, 2.24) is 0 Å². The van der Waals surface area contributed by atoms with Crippen molar-refractivity contribution in [2.45, 2.75) is 0 Å². The largest absolute Gasteiger partial charge is 0.486 e. The van der Waals surface area contributed by atoms with Crippen molar-refractivity contribution in [3.63, 3.8) is 0 Å². The number of fused-ring (bicyclic) bond motifs is 1. The van der Waals surface area contributed by atoms with Gasteiger partial charge in [-0.2, -0.15) is 5.26 Å². The van der Waals surface area contributed by atoms with Gasteiger partial charge in [-0.3, -0.25) is 10.1 Å². The molecule has 2 aromatic rings. The Kier molecular flexibility index (Phi) is 4.36. The fraction of sp³-hybridized carbons (Fsp3) is 0.118. The minimum atomic E-state index is -0.486. The first kappa shape index (κ1) is 15.8. The zero-order valence-corrected chi connectivity index (χ0v) is 13.1. The number of nitriles is 1. The minimum Gasteiger partial charge on any atom is -0.486 e. The van der Waals surface area contributed by atoms with E-state index in [4.69, 9.17) is 21.1 Å². The predicted molar refractivity (Wildman–Crippen MR) is 89.0 cm³/mol. The minimum absolute atomic E-state index is 0.0292. The number of hydrogen-bond donors (Lipinski definition) is 0. The summed E-state index contributed by atoms with van der Waals surface area (Å²) in [6.45, 7) is 0.873. The van der Waals surface area contributed by atoms with Crippen molar-refractivity contribution in [2.75, 3.05) is 13.2 Å². The van der Waals surface area contributed by atoms with Gasteiger partial charge in [-0.25, -0.2) is 0 Å². The van der Waals surface area contributed by atoms with Crippen LogP contribution < -0.4 is 9.47 Å². The summed E-state index contributed by atoms with van der Waals surface area (Å²) in [5.74, 6) is 1.02. The van der Waals surface area contributed by atoms with Crippen molar-refractivity contribution in [3.8, 4) is 17.6 Å². The number of nitro benzene ring substituents is 1. The van der Waals surface area contributed by atoms with E-state index in [9.17, 15) is 15.4 Å². The van der Waals surface area contributed by atoms with Crippen LogP contribution >= 0.6 is 11.6 Å². The Labute approximate surface area is 142 Å². The molecular formula is C17H11ClN2O4. The summed E-state index contributed by atoms with van der Waals surface area (Å²) in [5, 5.41) is 20.5. The number of allylic oxidation sites excluding steroid dienone is 1. The van der Waals surface area contributed by atoms with E-state index in [1.165, 1.54) is 24.3 Å². The second-order valence-corrected chi connectivity index (χ2v) is 5.41. The van der Waals surface area contributed by atoms with E-state index in [-0.39, 0.29) is 5.69 Å². The third-order valence-electron chi connectivity index (χ3n) is 3.44. The van der Waals surface area contributed by atoms with Crippen molar-refractivity contribution in [2.24, 2.45) is 0 Å². The molecule has 3 rings (SSSR count). The van der Waals surface area contributed by atoms with Crippen LogP contribution in [0, 0.1) is 21.4 Å². The third-order valence-corrected chi connectivity index (χ3v) is 3.72. The molecule has 0 bridgehead atoms. The van der Waals surface area contributed by atoms with Gasteiger partial charge in [-0.1, -0.05) is 11.6 Å². The highest BCUT2D eigenvalue weighted by Gasteiger charge is 2.16. The second kappa shape index (κ2) is 6.60. The monoisotopic (exact) mass is 342 g/mol. The molecule has 0 aromatic heterocycles. The zero-order valence-electron chi connectivity index (χ0n) is 12.4. The van der Waals surface area contributed by atoms with Crippen LogP contribution in [0.1, 0.15) is 11.1 Å². The lowest BCUT2D eigenvalue weighted by Gasteiger charge is -2.19. The average Bonchev–Trinajstić information content (AvgIpc) is 2.60. The van der Waals surface area contributed by atoms with E-state index in [0.29, 0.717) is 46.4 Å². The van der Waals surface area contributed by atoms with Gasteiger partial charge >= 0.3 is 0 Å². The first-order valence-corrected chi connectivity index (χ1v) is 7.42. The smallest absolute Gasteiger partial charge is 0.269 e. The highest BCUT2D eigenvalue weighted by molar-refractivity contribution is 6.32. The summed E-state index contributed by atoms with van der Waals surface area (Å²) >= 11 is 6.18. The van der Waals surface area contributed by atoms with Crippen molar-refractivity contribution < 1.29 is 14.4 Å². The molecule has 0 aliphatic carbocycles. The van der Waals surface area contributed by atoms with Crippen LogP contribution in [0.5, 0.6) is 11.5 Å². The van der Waals surface area contributed by atoms with E-state index in [2.05, 4.69) is 6.07 Å². The summed E-state index contributed by atoms with van der Waals surface area (Å²) in [6.07, 6.45) is 1.64. The number of rotatable bonds is 3. The van der Waals surface area contributed by atoms with Crippen LogP contribution in [0.15, 0.2) is 36.4 Å². The summed E-state index contributed by atoms with van der Waals surface area (Å²) in [6, 6.07) is 11.3. The maximum Gasteiger partial charge on any atom is 0.269 e. The normalized spacial score (nSPS) is 13.2. The number of halogens is 1. The van der Waals surface area contributed by atoms with Crippen LogP contribution in [0.3, 0.4) is 0 Å². The molecule has 7 heteroatoms.